The van der Waals surface area contributed by atoms with Crippen LogP contribution >= 0.6 is 0 Å². The SMILES string of the molecule is CCN=C(CC(=O)O)NC(C)(C)C. The molecule has 0 unspecified atom stereocenters. The van der Waals surface area contributed by atoms with Crippen LogP contribution in [0.15, 0.2) is 4.99 Å². The Morgan fingerprint density at radius 3 is 2.31 bits per heavy atom. The largest absolute Gasteiger partial charge is 0.481 e. The number of hydrogen-bond acceptors (Lipinski definition) is 2. The molecule has 0 aliphatic carbocycles. The van der Waals surface area contributed by atoms with Crippen LogP contribution < -0.4 is 5.32 Å². The lowest BCUT2D eigenvalue weighted by molar-refractivity contribution is -0.135. The zero-order valence-electron chi connectivity index (χ0n) is 8.72. The second-order valence-corrected chi connectivity index (χ2v) is 3.87. The highest BCUT2D eigenvalue weighted by atomic mass is 16.4. The van der Waals surface area contributed by atoms with Gasteiger partial charge in [-0.15, -0.1) is 0 Å². The van der Waals surface area contributed by atoms with Gasteiger partial charge < -0.3 is 10.4 Å². The Bertz CT molecular complexity index is 204. The Balaban J connectivity index is 4.28. The summed E-state index contributed by atoms with van der Waals surface area (Å²) in [5.41, 5.74) is -0.135. The molecule has 0 atom stereocenters. The van der Waals surface area contributed by atoms with Crippen LogP contribution in [0.2, 0.25) is 0 Å². The first-order chi connectivity index (χ1) is 5.85. The molecule has 0 aliphatic heterocycles. The van der Waals surface area contributed by atoms with Crippen molar-refractivity contribution in [3.05, 3.63) is 0 Å². The molecule has 0 saturated heterocycles. The van der Waals surface area contributed by atoms with E-state index in [4.69, 9.17) is 5.11 Å². The van der Waals surface area contributed by atoms with Gasteiger partial charge in [-0.2, -0.15) is 0 Å². The Kier molecular flexibility index (Phi) is 4.45. The number of rotatable bonds is 3. The standard InChI is InChI=1S/C9H18N2O2/c1-5-10-7(6-8(12)13)11-9(2,3)4/h5-6H2,1-4H3,(H,10,11)(H,12,13). The second kappa shape index (κ2) is 4.84. The number of carbonyl (C=O) groups is 1. The molecule has 0 aromatic rings. The Morgan fingerprint density at radius 1 is 1.46 bits per heavy atom. The predicted octanol–water partition coefficient (Wildman–Crippen LogP) is 1.27. The van der Waals surface area contributed by atoms with Crippen LogP contribution in [0.5, 0.6) is 0 Å². The highest BCUT2D eigenvalue weighted by Gasteiger charge is 2.13. The molecule has 0 bridgehead atoms. The maximum Gasteiger partial charge on any atom is 0.310 e. The smallest absolute Gasteiger partial charge is 0.310 e. The van der Waals surface area contributed by atoms with Crippen LogP contribution in [-0.2, 0) is 4.79 Å². The lowest BCUT2D eigenvalue weighted by Gasteiger charge is -2.22. The average Bonchev–Trinajstić information content (AvgIpc) is 1.81. The number of nitrogens with zero attached hydrogens (tertiary/aromatic N) is 1. The van der Waals surface area contributed by atoms with Gasteiger partial charge in [-0.05, 0) is 27.7 Å². The third-order valence-corrected chi connectivity index (χ3v) is 1.19. The van der Waals surface area contributed by atoms with E-state index in [1.807, 2.05) is 27.7 Å². The quantitative estimate of drug-likeness (QED) is 0.515. The van der Waals surface area contributed by atoms with Crippen molar-refractivity contribution in [3.8, 4) is 0 Å². The first-order valence-electron chi connectivity index (χ1n) is 4.38. The van der Waals surface area contributed by atoms with Crippen molar-refractivity contribution in [3.63, 3.8) is 0 Å². The number of carboxylic acid groups (broad SMARTS) is 1. The topological polar surface area (TPSA) is 61.7 Å². The number of nitrogens with one attached hydrogen (secondary N) is 1. The van der Waals surface area contributed by atoms with Crippen molar-refractivity contribution >= 4 is 11.8 Å². The molecule has 0 radical (unpaired) electrons. The summed E-state index contributed by atoms with van der Waals surface area (Å²) in [4.78, 5) is 14.5. The fourth-order valence-electron chi connectivity index (χ4n) is 0.907. The van der Waals surface area contributed by atoms with Gasteiger partial charge in [0, 0.05) is 12.1 Å². The van der Waals surface area contributed by atoms with Gasteiger partial charge in [0.25, 0.3) is 0 Å². The molecule has 2 N–H and O–H groups in total. The zero-order chi connectivity index (χ0) is 10.5. The third-order valence-electron chi connectivity index (χ3n) is 1.19. The van der Waals surface area contributed by atoms with E-state index in [0.717, 1.165) is 0 Å². The molecular formula is C9H18N2O2. The lowest BCUT2D eigenvalue weighted by Crippen LogP contribution is -2.41. The minimum Gasteiger partial charge on any atom is -0.481 e. The highest BCUT2D eigenvalue weighted by molar-refractivity contribution is 5.97. The van der Waals surface area contributed by atoms with Crippen LogP contribution in [0.1, 0.15) is 34.1 Å². The molecule has 0 spiro atoms. The van der Waals surface area contributed by atoms with Gasteiger partial charge in [-0.3, -0.25) is 9.79 Å². The Morgan fingerprint density at radius 2 is 2.00 bits per heavy atom. The van der Waals surface area contributed by atoms with Gasteiger partial charge in [0.15, 0.2) is 0 Å². The van der Waals surface area contributed by atoms with E-state index < -0.39 is 5.97 Å². The molecule has 4 nitrogen and oxygen atoms in total. The van der Waals surface area contributed by atoms with Crippen LogP contribution in [0.4, 0.5) is 0 Å². The second-order valence-electron chi connectivity index (χ2n) is 3.87. The minimum absolute atomic E-state index is 0.0366. The normalized spacial score (nSPS) is 12.8. The Hall–Kier alpha value is -1.06. The van der Waals surface area contributed by atoms with Crippen molar-refractivity contribution in [1.29, 1.82) is 0 Å². The van der Waals surface area contributed by atoms with E-state index in [9.17, 15) is 4.79 Å². The molecule has 76 valence electrons. The van der Waals surface area contributed by atoms with Gasteiger partial charge in [0.2, 0.25) is 0 Å². The van der Waals surface area contributed by atoms with Crippen molar-refractivity contribution in [2.24, 2.45) is 4.99 Å². The number of hydrogen-bond donors (Lipinski definition) is 2. The van der Waals surface area contributed by atoms with Gasteiger partial charge in [0.05, 0.1) is 0 Å². The van der Waals surface area contributed by atoms with Gasteiger partial charge in [-0.1, -0.05) is 0 Å². The van der Waals surface area contributed by atoms with E-state index in [0.29, 0.717) is 12.4 Å². The summed E-state index contributed by atoms with van der Waals surface area (Å²) in [5.74, 6) is -0.313. The van der Waals surface area contributed by atoms with Crippen LogP contribution in [-0.4, -0.2) is 29.0 Å². The highest BCUT2D eigenvalue weighted by Crippen LogP contribution is 2.00. The number of amidine groups is 1. The van der Waals surface area contributed by atoms with Crippen molar-refractivity contribution in [1.82, 2.24) is 5.32 Å². The first kappa shape index (κ1) is 11.9. The molecule has 0 rings (SSSR count). The summed E-state index contributed by atoms with van der Waals surface area (Å²) in [6.45, 7) is 8.40. The summed E-state index contributed by atoms with van der Waals surface area (Å²) in [7, 11) is 0. The predicted molar refractivity (Wildman–Crippen MR) is 53.1 cm³/mol. The van der Waals surface area contributed by atoms with E-state index in [2.05, 4.69) is 10.3 Å². The summed E-state index contributed by atoms with van der Waals surface area (Å²) >= 11 is 0. The van der Waals surface area contributed by atoms with Crippen LogP contribution in [0.25, 0.3) is 0 Å². The van der Waals surface area contributed by atoms with E-state index in [1.54, 1.807) is 0 Å². The summed E-state index contributed by atoms with van der Waals surface area (Å²) in [5, 5.41) is 11.6. The van der Waals surface area contributed by atoms with E-state index in [-0.39, 0.29) is 12.0 Å². The van der Waals surface area contributed by atoms with E-state index in [1.165, 1.54) is 0 Å². The van der Waals surface area contributed by atoms with Crippen LogP contribution in [0.3, 0.4) is 0 Å². The summed E-state index contributed by atoms with van der Waals surface area (Å²) in [6, 6.07) is 0. The fraction of sp³-hybridized carbons (Fsp3) is 0.778. The van der Waals surface area contributed by atoms with Crippen molar-refractivity contribution in [2.75, 3.05) is 6.54 Å². The minimum atomic E-state index is -0.857. The molecule has 0 aromatic carbocycles. The fourth-order valence-corrected chi connectivity index (χ4v) is 0.907. The summed E-state index contributed by atoms with van der Waals surface area (Å²) < 4.78 is 0. The monoisotopic (exact) mass is 186 g/mol. The van der Waals surface area contributed by atoms with E-state index >= 15 is 0 Å². The third kappa shape index (κ3) is 7.31. The Labute approximate surface area is 79.1 Å². The zero-order valence-corrected chi connectivity index (χ0v) is 8.72. The van der Waals surface area contributed by atoms with Crippen molar-refractivity contribution < 1.29 is 9.90 Å². The van der Waals surface area contributed by atoms with Gasteiger partial charge in [-0.25, -0.2) is 0 Å². The lowest BCUT2D eigenvalue weighted by atomic mass is 10.1. The molecule has 0 aromatic heterocycles. The van der Waals surface area contributed by atoms with Crippen LogP contribution in [0, 0.1) is 0 Å². The number of aliphatic carboxylic acids is 1. The molecule has 0 saturated carbocycles. The molecule has 0 heterocycles. The summed E-state index contributed by atoms with van der Waals surface area (Å²) in [6.07, 6.45) is -0.0366. The first-order valence-corrected chi connectivity index (χ1v) is 4.38. The van der Waals surface area contributed by atoms with Gasteiger partial charge >= 0.3 is 5.97 Å². The molecule has 0 fully saturated rings. The number of aliphatic imine (C=N–C) groups is 1. The van der Waals surface area contributed by atoms with Gasteiger partial charge in [0.1, 0.15) is 12.3 Å². The molecule has 0 amide bonds. The maximum absolute atomic E-state index is 10.4. The average molecular weight is 186 g/mol. The molecular weight excluding hydrogens is 168 g/mol. The molecule has 0 aliphatic rings. The van der Waals surface area contributed by atoms with Crippen molar-refractivity contribution in [2.45, 2.75) is 39.7 Å². The maximum atomic E-state index is 10.4. The molecule has 4 heteroatoms. The number of carboxylic acids is 1. The molecule has 13 heavy (non-hydrogen) atoms.